The molecule has 0 spiro atoms. The lowest BCUT2D eigenvalue weighted by Crippen LogP contribution is -2.25. The summed E-state index contributed by atoms with van der Waals surface area (Å²) in [4.78, 5) is 11.9. The maximum Gasteiger partial charge on any atom is 0.147 e. The van der Waals surface area contributed by atoms with E-state index in [1.165, 1.54) is 6.26 Å². The van der Waals surface area contributed by atoms with Crippen LogP contribution in [0.4, 0.5) is 0 Å². The summed E-state index contributed by atoms with van der Waals surface area (Å²) >= 11 is 0. The van der Waals surface area contributed by atoms with Crippen LogP contribution < -0.4 is 5.73 Å². The molecule has 0 aliphatic heterocycles. The molecule has 1 rings (SSSR count). The van der Waals surface area contributed by atoms with Crippen LogP contribution in [0.3, 0.4) is 0 Å². The van der Waals surface area contributed by atoms with Crippen LogP contribution in [0.15, 0.2) is 0 Å². The summed E-state index contributed by atoms with van der Waals surface area (Å²) in [6, 6.07) is 0. The Morgan fingerprint density at radius 2 is 2.06 bits per heavy atom. The number of sulfone groups is 1. The van der Waals surface area contributed by atoms with E-state index in [2.05, 4.69) is 0 Å². The first kappa shape index (κ1) is 13.6. The van der Waals surface area contributed by atoms with Crippen molar-refractivity contribution in [1.82, 2.24) is 0 Å². The van der Waals surface area contributed by atoms with Crippen LogP contribution >= 0.6 is 0 Å². The summed E-state index contributed by atoms with van der Waals surface area (Å²) in [6.45, 7) is 0.572. The highest BCUT2D eigenvalue weighted by Crippen LogP contribution is 2.32. The Morgan fingerprint density at radius 3 is 2.62 bits per heavy atom. The van der Waals surface area contributed by atoms with Gasteiger partial charge in [-0.1, -0.05) is 6.42 Å². The predicted molar refractivity (Wildman–Crippen MR) is 63.8 cm³/mol. The van der Waals surface area contributed by atoms with E-state index in [0.29, 0.717) is 25.3 Å². The fourth-order valence-corrected chi connectivity index (χ4v) is 3.11. The largest absolute Gasteiger partial charge is 0.330 e. The number of rotatable bonds is 6. The van der Waals surface area contributed by atoms with Gasteiger partial charge in [0.25, 0.3) is 0 Å². The first-order valence-electron chi connectivity index (χ1n) is 5.84. The maximum absolute atomic E-state index is 11.9. The molecule has 0 aromatic heterocycles. The van der Waals surface area contributed by atoms with Crippen molar-refractivity contribution in [1.29, 1.82) is 0 Å². The lowest BCUT2D eigenvalue weighted by molar-refractivity contribution is -0.123. The zero-order chi connectivity index (χ0) is 12.2. The zero-order valence-electron chi connectivity index (χ0n) is 9.81. The summed E-state index contributed by atoms with van der Waals surface area (Å²) in [5.41, 5.74) is 5.61. The Bertz CT molecular complexity index is 337. The molecule has 0 heterocycles. The third-order valence-electron chi connectivity index (χ3n) is 3.31. The molecule has 0 bridgehead atoms. The molecule has 2 atom stereocenters. The van der Waals surface area contributed by atoms with Gasteiger partial charge in [-0.05, 0) is 31.7 Å². The highest BCUT2D eigenvalue weighted by atomic mass is 32.2. The molecule has 0 aromatic carbocycles. The highest BCUT2D eigenvalue weighted by Gasteiger charge is 2.31. The van der Waals surface area contributed by atoms with Crippen LogP contribution in [-0.4, -0.2) is 32.8 Å². The van der Waals surface area contributed by atoms with Crippen molar-refractivity contribution >= 4 is 15.6 Å². The molecule has 1 fully saturated rings. The number of nitrogens with two attached hydrogens (primary N) is 1. The molecule has 4 nitrogen and oxygen atoms in total. The van der Waals surface area contributed by atoms with Gasteiger partial charge in [0.2, 0.25) is 0 Å². The summed E-state index contributed by atoms with van der Waals surface area (Å²) in [5, 5.41) is 0. The normalized spacial score (nSPS) is 25.9. The number of carbonyl (C=O) groups is 1. The third-order valence-corrected chi connectivity index (χ3v) is 4.34. The molecule has 0 amide bonds. The van der Waals surface area contributed by atoms with Gasteiger partial charge in [-0.25, -0.2) is 8.42 Å². The quantitative estimate of drug-likeness (QED) is 0.751. The lowest BCUT2D eigenvalue weighted by Gasteiger charge is -2.16. The van der Waals surface area contributed by atoms with E-state index in [-0.39, 0.29) is 17.5 Å². The van der Waals surface area contributed by atoms with Crippen molar-refractivity contribution in [2.24, 2.45) is 17.6 Å². The van der Waals surface area contributed by atoms with Gasteiger partial charge < -0.3 is 5.73 Å². The Labute approximate surface area is 97.5 Å². The predicted octanol–water partition coefficient (Wildman–Crippen LogP) is 0.755. The summed E-state index contributed by atoms with van der Waals surface area (Å²) in [6.07, 6.45) is 5.08. The van der Waals surface area contributed by atoms with Gasteiger partial charge in [0.1, 0.15) is 15.6 Å². The van der Waals surface area contributed by atoms with Crippen molar-refractivity contribution in [3.63, 3.8) is 0 Å². The van der Waals surface area contributed by atoms with Crippen molar-refractivity contribution in [2.45, 2.75) is 32.1 Å². The molecule has 0 radical (unpaired) electrons. The summed E-state index contributed by atoms with van der Waals surface area (Å²) < 4.78 is 21.8. The molecule has 2 N–H and O–H groups in total. The zero-order valence-corrected chi connectivity index (χ0v) is 10.6. The van der Waals surface area contributed by atoms with Crippen LogP contribution in [0.2, 0.25) is 0 Å². The molecule has 16 heavy (non-hydrogen) atoms. The van der Waals surface area contributed by atoms with E-state index in [0.717, 1.165) is 19.3 Å². The van der Waals surface area contributed by atoms with Gasteiger partial charge in [0.05, 0.1) is 5.75 Å². The molecule has 1 saturated carbocycles. The summed E-state index contributed by atoms with van der Waals surface area (Å²) in [7, 11) is -2.94. The minimum Gasteiger partial charge on any atom is -0.330 e. The minimum atomic E-state index is -2.94. The van der Waals surface area contributed by atoms with Gasteiger partial charge in [0, 0.05) is 18.6 Å². The summed E-state index contributed by atoms with van der Waals surface area (Å²) in [5.74, 6) is 0.727. The van der Waals surface area contributed by atoms with E-state index in [1.54, 1.807) is 0 Å². The van der Waals surface area contributed by atoms with E-state index < -0.39 is 9.84 Å². The van der Waals surface area contributed by atoms with Gasteiger partial charge in [-0.2, -0.15) is 0 Å². The van der Waals surface area contributed by atoms with Gasteiger partial charge >= 0.3 is 0 Å². The number of Topliss-reactive ketones (excluding diaryl/α,β-unsaturated/α-hetero) is 1. The smallest absolute Gasteiger partial charge is 0.147 e. The average Bonchev–Trinajstić information content (AvgIpc) is 2.63. The minimum absolute atomic E-state index is 0.0876. The second-order valence-corrected chi connectivity index (χ2v) is 6.99. The van der Waals surface area contributed by atoms with Crippen molar-refractivity contribution in [3.05, 3.63) is 0 Å². The average molecular weight is 247 g/mol. The second kappa shape index (κ2) is 5.77. The fraction of sp³-hybridized carbons (Fsp3) is 0.909. The number of ketones is 1. The number of carbonyl (C=O) groups excluding carboxylic acids is 1. The van der Waals surface area contributed by atoms with Crippen LogP contribution in [-0.2, 0) is 14.6 Å². The molecule has 1 aliphatic carbocycles. The Hall–Kier alpha value is -0.420. The molecule has 2 unspecified atom stereocenters. The fourth-order valence-electron chi connectivity index (χ4n) is 2.44. The van der Waals surface area contributed by atoms with E-state index >= 15 is 0 Å². The van der Waals surface area contributed by atoms with Gasteiger partial charge in [-0.15, -0.1) is 0 Å². The Morgan fingerprint density at radius 1 is 1.38 bits per heavy atom. The van der Waals surface area contributed by atoms with Gasteiger partial charge in [-0.3, -0.25) is 4.79 Å². The second-order valence-electron chi connectivity index (χ2n) is 4.73. The molecule has 0 saturated heterocycles. The molecular formula is C11H21NO3S. The molecular weight excluding hydrogens is 226 g/mol. The molecule has 1 aliphatic rings. The highest BCUT2D eigenvalue weighted by molar-refractivity contribution is 7.90. The van der Waals surface area contributed by atoms with Crippen molar-refractivity contribution < 1.29 is 13.2 Å². The van der Waals surface area contributed by atoms with Crippen molar-refractivity contribution in [3.8, 4) is 0 Å². The molecule has 0 aromatic rings. The van der Waals surface area contributed by atoms with Crippen molar-refractivity contribution in [2.75, 3.05) is 18.6 Å². The maximum atomic E-state index is 11.9. The Balaban J connectivity index is 2.35. The topological polar surface area (TPSA) is 77.2 Å². The molecule has 94 valence electrons. The van der Waals surface area contributed by atoms with E-state index in [9.17, 15) is 13.2 Å². The van der Waals surface area contributed by atoms with Crippen LogP contribution in [0.25, 0.3) is 0 Å². The van der Waals surface area contributed by atoms with Crippen LogP contribution in [0.1, 0.15) is 32.1 Å². The van der Waals surface area contributed by atoms with Crippen LogP contribution in [0, 0.1) is 11.8 Å². The molecule has 5 heteroatoms. The first-order valence-corrected chi connectivity index (χ1v) is 7.90. The van der Waals surface area contributed by atoms with Crippen LogP contribution in [0.5, 0.6) is 0 Å². The third kappa shape index (κ3) is 4.22. The monoisotopic (exact) mass is 247 g/mol. The standard InChI is InChI=1S/C11H21NO3S/c1-16(14,15)7-3-6-11(13)10-5-2-4-9(10)8-12/h9-10H,2-8,12H2,1H3. The number of hydrogen-bond acceptors (Lipinski definition) is 4. The van der Waals surface area contributed by atoms with Gasteiger partial charge in [0.15, 0.2) is 0 Å². The first-order chi connectivity index (χ1) is 7.44. The van der Waals surface area contributed by atoms with E-state index in [1.807, 2.05) is 0 Å². The SMILES string of the molecule is CS(=O)(=O)CCCC(=O)C1CCCC1CN. The lowest BCUT2D eigenvalue weighted by atomic mass is 9.90. The van der Waals surface area contributed by atoms with E-state index in [4.69, 9.17) is 5.73 Å². The Kier molecular flexibility index (Phi) is 4.92. The number of hydrogen-bond donors (Lipinski definition) is 1.